The first-order valence-corrected chi connectivity index (χ1v) is 5.71. The Morgan fingerprint density at radius 1 is 1.08 bits per heavy atom. The van der Waals surface area contributed by atoms with Crippen LogP contribution in [0, 0.1) is 5.92 Å². The molecule has 1 aliphatic rings. The first-order chi connectivity index (χ1) is 6.33. The van der Waals surface area contributed by atoms with E-state index in [9.17, 15) is 0 Å². The highest BCUT2D eigenvalue weighted by atomic mass is 14.9. The summed E-state index contributed by atoms with van der Waals surface area (Å²) in [6.45, 7) is 4.59. The van der Waals surface area contributed by atoms with Gasteiger partial charge in [-0.25, -0.2) is 0 Å². The summed E-state index contributed by atoms with van der Waals surface area (Å²) >= 11 is 0. The second-order valence-corrected chi connectivity index (χ2v) is 4.37. The molecule has 1 fully saturated rings. The van der Waals surface area contributed by atoms with Gasteiger partial charge in [0.15, 0.2) is 0 Å². The topological polar surface area (TPSA) is 24.1 Å². The van der Waals surface area contributed by atoms with Gasteiger partial charge in [-0.15, -0.1) is 0 Å². The highest BCUT2D eigenvalue weighted by Crippen LogP contribution is 2.22. The molecule has 2 unspecified atom stereocenters. The summed E-state index contributed by atoms with van der Waals surface area (Å²) in [6, 6.07) is 0.790. The smallest absolute Gasteiger partial charge is 0.00792 e. The lowest BCUT2D eigenvalue weighted by Gasteiger charge is -2.15. The number of hydrogen-bond acceptors (Lipinski definition) is 2. The maximum absolute atomic E-state index is 3.62. The summed E-state index contributed by atoms with van der Waals surface area (Å²) in [5.74, 6) is 0.955. The Bertz CT molecular complexity index is 125. The van der Waals surface area contributed by atoms with Gasteiger partial charge in [0.05, 0.1) is 0 Å². The van der Waals surface area contributed by atoms with Crippen molar-refractivity contribution in [1.29, 1.82) is 0 Å². The van der Waals surface area contributed by atoms with Gasteiger partial charge >= 0.3 is 0 Å². The molecule has 0 saturated heterocycles. The summed E-state index contributed by atoms with van der Waals surface area (Å²) in [6.07, 6.45) is 7.03. The fraction of sp³-hybridized carbons (Fsp3) is 1.00. The van der Waals surface area contributed by atoms with Crippen molar-refractivity contribution in [3.63, 3.8) is 0 Å². The lowest BCUT2D eigenvalue weighted by atomic mass is 10.0. The highest BCUT2D eigenvalue weighted by molar-refractivity contribution is 4.73. The molecule has 78 valence electrons. The predicted molar refractivity (Wildman–Crippen MR) is 58.0 cm³/mol. The number of nitrogens with one attached hydrogen (secondary N) is 2. The first-order valence-electron chi connectivity index (χ1n) is 5.71. The van der Waals surface area contributed by atoms with Gasteiger partial charge in [0.25, 0.3) is 0 Å². The minimum atomic E-state index is 0.790. The minimum absolute atomic E-state index is 0.790. The lowest BCUT2D eigenvalue weighted by molar-refractivity contribution is 0.447. The molecule has 0 aromatic heterocycles. The van der Waals surface area contributed by atoms with Gasteiger partial charge in [-0.3, -0.25) is 0 Å². The molecule has 0 spiro atoms. The van der Waals surface area contributed by atoms with Crippen LogP contribution < -0.4 is 10.6 Å². The van der Waals surface area contributed by atoms with Crippen molar-refractivity contribution in [3.05, 3.63) is 0 Å². The number of likely N-dealkylation sites (N-methyl/N-ethyl adjacent to an activating group) is 1. The zero-order valence-electron chi connectivity index (χ0n) is 9.10. The largest absolute Gasteiger partial charge is 0.318 e. The van der Waals surface area contributed by atoms with Crippen LogP contribution in [0.25, 0.3) is 0 Å². The molecule has 0 aromatic rings. The third-order valence-corrected chi connectivity index (χ3v) is 3.07. The Hall–Kier alpha value is -0.0800. The van der Waals surface area contributed by atoms with Gasteiger partial charge in [0.2, 0.25) is 0 Å². The molecule has 1 saturated carbocycles. The molecular formula is C11H24N2. The van der Waals surface area contributed by atoms with Crippen LogP contribution in [-0.2, 0) is 0 Å². The standard InChI is InChI=1S/C11H24N2/c1-10-4-3-5-11(7-6-10)13-9-8-12-2/h10-13H,3-9H2,1-2H3. The zero-order valence-corrected chi connectivity index (χ0v) is 9.10. The van der Waals surface area contributed by atoms with E-state index in [2.05, 4.69) is 17.6 Å². The Morgan fingerprint density at radius 2 is 1.92 bits per heavy atom. The fourth-order valence-electron chi connectivity index (χ4n) is 2.09. The molecule has 2 N–H and O–H groups in total. The summed E-state index contributed by atoms with van der Waals surface area (Å²) in [7, 11) is 2.01. The van der Waals surface area contributed by atoms with Crippen molar-refractivity contribution in [2.75, 3.05) is 20.1 Å². The quantitative estimate of drug-likeness (QED) is 0.514. The Morgan fingerprint density at radius 3 is 2.69 bits per heavy atom. The first kappa shape index (κ1) is 11.0. The van der Waals surface area contributed by atoms with Gasteiger partial charge in [0.1, 0.15) is 0 Å². The van der Waals surface area contributed by atoms with Crippen molar-refractivity contribution < 1.29 is 0 Å². The van der Waals surface area contributed by atoms with Crippen molar-refractivity contribution in [3.8, 4) is 0 Å². The Labute approximate surface area is 82.5 Å². The highest BCUT2D eigenvalue weighted by Gasteiger charge is 2.14. The molecule has 1 rings (SSSR count). The molecular weight excluding hydrogens is 160 g/mol. The lowest BCUT2D eigenvalue weighted by Crippen LogP contribution is -2.33. The minimum Gasteiger partial charge on any atom is -0.318 e. The van der Waals surface area contributed by atoms with Crippen LogP contribution in [0.1, 0.15) is 39.0 Å². The van der Waals surface area contributed by atoms with Gasteiger partial charge in [-0.05, 0) is 32.2 Å². The van der Waals surface area contributed by atoms with Gasteiger partial charge < -0.3 is 10.6 Å². The van der Waals surface area contributed by atoms with Crippen LogP contribution in [0.2, 0.25) is 0 Å². The van der Waals surface area contributed by atoms with E-state index in [1.165, 1.54) is 32.1 Å². The van der Waals surface area contributed by atoms with Crippen LogP contribution in [-0.4, -0.2) is 26.2 Å². The maximum atomic E-state index is 3.62. The van der Waals surface area contributed by atoms with Crippen molar-refractivity contribution in [2.24, 2.45) is 5.92 Å². The van der Waals surface area contributed by atoms with E-state index >= 15 is 0 Å². The number of rotatable bonds is 4. The van der Waals surface area contributed by atoms with Gasteiger partial charge in [-0.1, -0.05) is 19.8 Å². The normalized spacial score (nSPS) is 30.0. The van der Waals surface area contributed by atoms with Crippen molar-refractivity contribution in [1.82, 2.24) is 10.6 Å². The zero-order chi connectivity index (χ0) is 9.52. The summed E-state index contributed by atoms with van der Waals surface area (Å²) < 4.78 is 0. The van der Waals surface area contributed by atoms with E-state index in [4.69, 9.17) is 0 Å². The van der Waals surface area contributed by atoms with Crippen molar-refractivity contribution >= 4 is 0 Å². The second-order valence-electron chi connectivity index (χ2n) is 4.37. The third-order valence-electron chi connectivity index (χ3n) is 3.07. The molecule has 0 amide bonds. The molecule has 1 aliphatic carbocycles. The van der Waals surface area contributed by atoms with E-state index < -0.39 is 0 Å². The molecule has 0 bridgehead atoms. The number of hydrogen-bond donors (Lipinski definition) is 2. The molecule has 2 atom stereocenters. The third kappa shape index (κ3) is 4.63. The van der Waals surface area contributed by atoms with E-state index in [0.717, 1.165) is 25.0 Å². The molecule has 2 nitrogen and oxygen atoms in total. The van der Waals surface area contributed by atoms with Crippen LogP contribution in [0.5, 0.6) is 0 Å². The maximum Gasteiger partial charge on any atom is 0.00792 e. The predicted octanol–water partition coefficient (Wildman–Crippen LogP) is 1.76. The van der Waals surface area contributed by atoms with E-state index in [1.54, 1.807) is 0 Å². The monoisotopic (exact) mass is 184 g/mol. The van der Waals surface area contributed by atoms with Crippen LogP contribution >= 0.6 is 0 Å². The van der Waals surface area contributed by atoms with Crippen LogP contribution in [0.4, 0.5) is 0 Å². The Balaban J connectivity index is 2.11. The summed E-state index contributed by atoms with van der Waals surface area (Å²) in [5.41, 5.74) is 0. The summed E-state index contributed by atoms with van der Waals surface area (Å²) in [5, 5.41) is 6.79. The average molecular weight is 184 g/mol. The molecule has 0 aromatic carbocycles. The summed E-state index contributed by atoms with van der Waals surface area (Å²) in [4.78, 5) is 0. The van der Waals surface area contributed by atoms with E-state index in [0.29, 0.717) is 0 Å². The Kier molecular flexibility index (Phi) is 5.40. The molecule has 0 heterocycles. The SMILES string of the molecule is CNCCNC1CCCC(C)CC1. The molecule has 13 heavy (non-hydrogen) atoms. The fourth-order valence-corrected chi connectivity index (χ4v) is 2.09. The van der Waals surface area contributed by atoms with Crippen molar-refractivity contribution in [2.45, 2.75) is 45.1 Å². The molecule has 0 radical (unpaired) electrons. The van der Waals surface area contributed by atoms with Crippen LogP contribution in [0.15, 0.2) is 0 Å². The van der Waals surface area contributed by atoms with Crippen LogP contribution in [0.3, 0.4) is 0 Å². The van der Waals surface area contributed by atoms with Gasteiger partial charge in [0, 0.05) is 19.1 Å². The van der Waals surface area contributed by atoms with E-state index in [1.807, 2.05) is 7.05 Å². The van der Waals surface area contributed by atoms with E-state index in [-0.39, 0.29) is 0 Å². The molecule has 0 aliphatic heterocycles. The second kappa shape index (κ2) is 6.39. The average Bonchev–Trinajstić information content (AvgIpc) is 2.32. The molecule has 2 heteroatoms. The van der Waals surface area contributed by atoms with Gasteiger partial charge in [-0.2, -0.15) is 0 Å².